The van der Waals surface area contributed by atoms with E-state index < -0.39 is 10.0 Å². The minimum atomic E-state index is -3.47. The van der Waals surface area contributed by atoms with Gasteiger partial charge in [0.1, 0.15) is 0 Å². The Labute approximate surface area is 172 Å². The molecule has 2 aliphatic rings. The Kier molecular flexibility index (Phi) is 5.72. The van der Waals surface area contributed by atoms with Gasteiger partial charge in [-0.15, -0.1) is 0 Å². The summed E-state index contributed by atoms with van der Waals surface area (Å²) in [5.74, 6) is -0.0206. The molecule has 1 aliphatic heterocycles. The number of nitrogens with one attached hydrogen (secondary N) is 2. The fourth-order valence-electron chi connectivity index (χ4n) is 4.16. The molecule has 29 heavy (non-hydrogen) atoms. The van der Waals surface area contributed by atoms with Gasteiger partial charge in [-0.25, -0.2) is 8.42 Å². The molecule has 2 N–H and O–H groups in total. The molecule has 0 bridgehead atoms. The monoisotopic (exact) mass is 414 g/mol. The van der Waals surface area contributed by atoms with Crippen LogP contribution in [0.15, 0.2) is 47.4 Å². The van der Waals surface area contributed by atoms with Gasteiger partial charge >= 0.3 is 0 Å². The Hall–Kier alpha value is -2.22. The van der Waals surface area contributed by atoms with Crippen LogP contribution in [0.5, 0.6) is 0 Å². The highest BCUT2D eigenvalue weighted by atomic mass is 32.2. The summed E-state index contributed by atoms with van der Waals surface area (Å²) in [4.78, 5) is 13.9. The number of anilines is 1. The maximum atomic E-state index is 12.8. The molecule has 154 valence electrons. The van der Waals surface area contributed by atoms with E-state index in [0.717, 1.165) is 29.0 Å². The van der Waals surface area contributed by atoms with Crippen molar-refractivity contribution in [1.29, 1.82) is 0 Å². The third-order valence-electron chi connectivity index (χ3n) is 5.88. The van der Waals surface area contributed by atoms with Crippen molar-refractivity contribution in [3.63, 3.8) is 0 Å². The van der Waals surface area contributed by atoms with Gasteiger partial charge in [0.25, 0.3) is 5.91 Å². The Balaban J connectivity index is 1.30. The highest BCUT2D eigenvalue weighted by Gasteiger charge is 2.31. The van der Waals surface area contributed by atoms with E-state index in [-0.39, 0.29) is 5.91 Å². The first-order valence-electron chi connectivity index (χ1n) is 10.2. The van der Waals surface area contributed by atoms with Gasteiger partial charge in [-0.05, 0) is 61.6 Å². The van der Waals surface area contributed by atoms with Crippen molar-refractivity contribution in [1.82, 2.24) is 4.31 Å². The lowest BCUT2D eigenvalue weighted by Gasteiger charge is -2.31. The molecule has 1 fully saturated rings. The number of rotatable bonds is 5. The molecule has 1 heterocycles. The summed E-state index contributed by atoms with van der Waals surface area (Å²) in [5, 5.41) is 3.00. The number of piperazine rings is 1. The predicted molar refractivity (Wildman–Crippen MR) is 113 cm³/mol. The number of nitrogens with zero attached hydrogens (tertiary/aromatic N) is 1. The number of quaternary nitrogens is 1. The van der Waals surface area contributed by atoms with E-state index in [1.807, 2.05) is 25.1 Å². The molecule has 0 saturated carbocycles. The number of carbonyl (C=O) groups excluding carboxylic acids is 1. The van der Waals surface area contributed by atoms with Gasteiger partial charge in [0.15, 0.2) is 6.54 Å². The molecule has 0 aromatic heterocycles. The van der Waals surface area contributed by atoms with Gasteiger partial charge in [0.2, 0.25) is 10.0 Å². The van der Waals surface area contributed by atoms with Crippen LogP contribution in [0.1, 0.15) is 23.1 Å². The number of benzene rings is 2. The van der Waals surface area contributed by atoms with Crippen LogP contribution in [-0.2, 0) is 27.7 Å². The van der Waals surface area contributed by atoms with Gasteiger partial charge in [-0.3, -0.25) is 4.79 Å². The molecule has 0 spiro atoms. The van der Waals surface area contributed by atoms with Gasteiger partial charge in [0, 0.05) is 5.69 Å². The summed E-state index contributed by atoms with van der Waals surface area (Å²) in [6.07, 6.45) is 3.40. The fourth-order valence-corrected chi connectivity index (χ4v) is 5.60. The average Bonchev–Trinajstić information content (AvgIpc) is 3.16. The second-order valence-electron chi connectivity index (χ2n) is 8.03. The van der Waals surface area contributed by atoms with Crippen LogP contribution in [0, 0.1) is 6.92 Å². The maximum absolute atomic E-state index is 12.8. The largest absolute Gasteiger partial charge is 0.325 e. The fraction of sp³-hybridized carbons (Fsp3) is 0.409. The molecular formula is C22H28N3O3S+. The molecule has 0 unspecified atom stereocenters. The smallest absolute Gasteiger partial charge is 0.279 e. The zero-order valence-corrected chi connectivity index (χ0v) is 17.6. The summed E-state index contributed by atoms with van der Waals surface area (Å²) in [6, 6.07) is 13.1. The van der Waals surface area contributed by atoms with Crippen LogP contribution in [0.25, 0.3) is 0 Å². The number of hydrogen-bond donors (Lipinski definition) is 2. The van der Waals surface area contributed by atoms with Gasteiger partial charge in [0.05, 0.1) is 31.1 Å². The Morgan fingerprint density at radius 3 is 2.45 bits per heavy atom. The van der Waals surface area contributed by atoms with E-state index in [1.54, 1.807) is 12.1 Å². The second-order valence-corrected chi connectivity index (χ2v) is 9.97. The lowest BCUT2D eigenvalue weighted by atomic mass is 10.1. The number of carbonyl (C=O) groups is 1. The predicted octanol–water partition coefficient (Wildman–Crippen LogP) is 1.01. The van der Waals surface area contributed by atoms with Crippen molar-refractivity contribution in [3.8, 4) is 0 Å². The standard InChI is InChI=1S/C22H27N3O3S/c1-17-5-9-21(10-6-17)29(27,28)25-13-11-24(12-14-25)16-22(26)23-20-8-7-18-3-2-4-19(18)15-20/h5-10,15H,2-4,11-14,16H2,1H3,(H,23,26)/p+1. The average molecular weight is 415 g/mol. The molecule has 7 heteroatoms. The van der Waals surface area contributed by atoms with E-state index >= 15 is 0 Å². The van der Waals surface area contributed by atoms with E-state index in [9.17, 15) is 13.2 Å². The molecule has 2 aromatic rings. The van der Waals surface area contributed by atoms with Crippen LogP contribution in [0.4, 0.5) is 5.69 Å². The van der Waals surface area contributed by atoms with Crippen molar-refractivity contribution in [2.45, 2.75) is 31.1 Å². The molecule has 1 aliphatic carbocycles. The molecule has 4 rings (SSSR count). The second kappa shape index (κ2) is 8.26. The quantitative estimate of drug-likeness (QED) is 0.767. The highest BCUT2D eigenvalue weighted by molar-refractivity contribution is 7.89. The zero-order chi connectivity index (χ0) is 20.4. The van der Waals surface area contributed by atoms with E-state index in [0.29, 0.717) is 37.6 Å². The summed E-state index contributed by atoms with van der Waals surface area (Å²) < 4.78 is 27.1. The molecule has 1 saturated heterocycles. The van der Waals surface area contributed by atoms with Gasteiger partial charge in [-0.2, -0.15) is 4.31 Å². The highest BCUT2D eigenvalue weighted by Crippen LogP contribution is 2.24. The molecule has 2 aromatic carbocycles. The molecule has 1 amide bonds. The van der Waals surface area contributed by atoms with Crippen molar-refractivity contribution in [3.05, 3.63) is 59.2 Å². The zero-order valence-electron chi connectivity index (χ0n) is 16.8. The third-order valence-corrected chi connectivity index (χ3v) is 7.79. The molecular weight excluding hydrogens is 386 g/mol. The van der Waals surface area contributed by atoms with Gasteiger partial charge < -0.3 is 10.2 Å². The van der Waals surface area contributed by atoms with Crippen molar-refractivity contribution in [2.75, 3.05) is 38.0 Å². The maximum Gasteiger partial charge on any atom is 0.279 e. The van der Waals surface area contributed by atoms with Gasteiger partial charge in [-0.1, -0.05) is 23.8 Å². The normalized spacial score (nSPS) is 17.8. The molecule has 6 nitrogen and oxygen atoms in total. The minimum Gasteiger partial charge on any atom is -0.325 e. The van der Waals surface area contributed by atoms with E-state index in [4.69, 9.17) is 0 Å². The summed E-state index contributed by atoms with van der Waals surface area (Å²) in [7, 11) is -3.47. The Morgan fingerprint density at radius 1 is 1.03 bits per heavy atom. The topological polar surface area (TPSA) is 70.9 Å². The van der Waals surface area contributed by atoms with Crippen LogP contribution in [0.2, 0.25) is 0 Å². The van der Waals surface area contributed by atoms with Crippen molar-refractivity contribution < 1.29 is 18.1 Å². The van der Waals surface area contributed by atoms with E-state index in [2.05, 4.69) is 17.4 Å². The summed E-state index contributed by atoms with van der Waals surface area (Å²) >= 11 is 0. The van der Waals surface area contributed by atoms with Crippen LogP contribution >= 0.6 is 0 Å². The third kappa shape index (κ3) is 4.52. The van der Waals surface area contributed by atoms with E-state index in [1.165, 1.54) is 21.9 Å². The Bertz CT molecular complexity index is 994. The summed E-state index contributed by atoms with van der Waals surface area (Å²) in [5.41, 5.74) is 4.62. The first-order valence-corrected chi connectivity index (χ1v) is 11.7. The number of aryl methyl sites for hydroxylation is 3. The van der Waals surface area contributed by atoms with Crippen LogP contribution < -0.4 is 10.2 Å². The minimum absolute atomic E-state index is 0.0206. The van der Waals surface area contributed by atoms with Crippen molar-refractivity contribution in [2.24, 2.45) is 0 Å². The number of fused-ring (bicyclic) bond motifs is 1. The lowest BCUT2D eigenvalue weighted by molar-refractivity contribution is -0.895. The molecule has 0 atom stereocenters. The van der Waals surface area contributed by atoms with Crippen molar-refractivity contribution >= 4 is 21.6 Å². The number of sulfonamides is 1. The SMILES string of the molecule is Cc1ccc(S(=O)(=O)N2CC[NH+](CC(=O)Nc3ccc4c(c3)CCC4)CC2)cc1. The van der Waals surface area contributed by atoms with Crippen LogP contribution in [0.3, 0.4) is 0 Å². The lowest BCUT2D eigenvalue weighted by Crippen LogP contribution is -3.15. The first-order chi connectivity index (χ1) is 13.9. The first kappa shape index (κ1) is 20.1. The number of hydrogen-bond acceptors (Lipinski definition) is 3. The number of amides is 1. The summed E-state index contributed by atoms with van der Waals surface area (Å²) in [6.45, 7) is 4.41. The molecule has 0 radical (unpaired) electrons. The Morgan fingerprint density at radius 2 is 1.72 bits per heavy atom. The van der Waals surface area contributed by atoms with Crippen LogP contribution in [-0.4, -0.2) is 51.4 Å².